The summed E-state index contributed by atoms with van der Waals surface area (Å²) >= 11 is 6.05. The monoisotopic (exact) mass is 276 g/mol. The van der Waals surface area contributed by atoms with Crippen LogP contribution in [-0.4, -0.2) is 11.6 Å². The Labute approximate surface area is 118 Å². The lowest BCUT2D eigenvalue weighted by molar-refractivity contribution is 0.340. The van der Waals surface area contributed by atoms with E-state index in [0.717, 1.165) is 22.6 Å². The van der Waals surface area contributed by atoms with Crippen LogP contribution in [0.15, 0.2) is 36.5 Å². The van der Waals surface area contributed by atoms with Gasteiger partial charge >= 0.3 is 0 Å². The predicted octanol–water partition coefficient (Wildman–Crippen LogP) is 4.05. The molecule has 2 aromatic rings. The fraction of sp³-hybridized carbons (Fsp3) is 0.267. The molecule has 0 radical (unpaired) electrons. The molecular weight excluding hydrogens is 260 g/mol. The first-order valence-electron chi connectivity index (χ1n) is 6.27. The number of anilines is 1. The maximum atomic E-state index is 6.05. The van der Waals surface area contributed by atoms with Gasteiger partial charge in [-0.05, 0) is 43.2 Å². The first-order chi connectivity index (χ1) is 9.19. The molecule has 1 aromatic carbocycles. The number of hydrogen-bond donors (Lipinski definition) is 1. The highest BCUT2D eigenvalue weighted by Gasteiger charge is 2.02. The molecule has 4 heteroatoms. The SMILES string of the molecule is CCOc1cccc(CNc2cc(C)cnc2Cl)c1. The Kier molecular flexibility index (Phi) is 4.63. The van der Waals surface area contributed by atoms with Crippen molar-refractivity contribution in [2.75, 3.05) is 11.9 Å². The van der Waals surface area contributed by atoms with Gasteiger partial charge in [0.1, 0.15) is 5.75 Å². The van der Waals surface area contributed by atoms with Gasteiger partial charge in [0.15, 0.2) is 5.15 Å². The summed E-state index contributed by atoms with van der Waals surface area (Å²) in [6.45, 7) is 5.32. The van der Waals surface area contributed by atoms with Crippen LogP contribution in [0.4, 0.5) is 5.69 Å². The minimum Gasteiger partial charge on any atom is -0.494 e. The normalized spacial score (nSPS) is 10.3. The standard InChI is InChI=1S/C15H17ClN2O/c1-3-19-13-6-4-5-12(8-13)10-17-14-7-11(2)9-18-15(14)16/h4-9,17H,3,10H2,1-2H3. The highest BCUT2D eigenvalue weighted by Crippen LogP contribution is 2.21. The van der Waals surface area contributed by atoms with Crippen LogP contribution in [0.5, 0.6) is 5.75 Å². The second-order valence-corrected chi connectivity index (χ2v) is 4.64. The molecule has 1 aromatic heterocycles. The molecular formula is C15H17ClN2O. The summed E-state index contributed by atoms with van der Waals surface area (Å²) in [7, 11) is 0. The lowest BCUT2D eigenvalue weighted by Gasteiger charge is -2.10. The smallest absolute Gasteiger partial charge is 0.152 e. The number of nitrogens with one attached hydrogen (secondary N) is 1. The second kappa shape index (κ2) is 6.43. The Morgan fingerprint density at radius 2 is 2.16 bits per heavy atom. The number of aryl methyl sites for hydroxylation is 1. The first kappa shape index (κ1) is 13.7. The maximum absolute atomic E-state index is 6.05. The Morgan fingerprint density at radius 1 is 1.32 bits per heavy atom. The van der Waals surface area contributed by atoms with Crippen LogP contribution in [-0.2, 0) is 6.54 Å². The van der Waals surface area contributed by atoms with E-state index >= 15 is 0 Å². The highest BCUT2D eigenvalue weighted by molar-refractivity contribution is 6.31. The van der Waals surface area contributed by atoms with Crippen molar-refractivity contribution in [2.24, 2.45) is 0 Å². The van der Waals surface area contributed by atoms with E-state index in [1.165, 1.54) is 0 Å². The van der Waals surface area contributed by atoms with Gasteiger partial charge in [-0.3, -0.25) is 0 Å². The fourth-order valence-corrected chi connectivity index (χ4v) is 1.96. The molecule has 0 unspecified atom stereocenters. The number of pyridine rings is 1. The van der Waals surface area contributed by atoms with Gasteiger partial charge in [0.2, 0.25) is 0 Å². The van der Waals surface area contributed by atoms with E-state index in [4.69, 9.17) is 16.3 Å². The topological polar surface area (TPSA) is 34.1 Å². The lowest BCUT2D eigenvalue weighted by Crippen LogP contribution is -2.01. The number of ether oxygens (including phenoxy) is 1. The van der Waals surface area contributed by atoms with Crippen molar-refractivity contribution < 1.29 is 4.74 Å². The van der Waals surface area contributed by atoms with Gasteiger partial charge in [-0.15, -0.1) is 0 Å². The van der Waals surface area contributed by atoms with Gasteiger partial charge in [0.25, 0.3) is 0 Å². The zero-order valence-electron chi connectivity index (χ0n) is 11.1. The van der Waals surface area contributed by atoms with Crippen LogP contribution in [0.25, 0.3) is 0 Å². The summed E-state index contributed by atoms with van der Waals surface area (Å²) < 4.78 is 5.48. The number of aromatic nitrogens is 1. The Hall–Kier alpha value is -1.74. The molecule has 3 nitrogen and oxygen atoms in total. The Morgan fingerprint density at radius 3 is 2.95 bits per heavy atom. The number of hydrogen-bond acceptors (Lipinski definition) is 3. The second-order valence-electron chi connectivity index (χ2n) is 4.29. The van der Waals surface area contributed by atoms with E-state index in [1.807, 2.05) is 44.2 Å². The molecule has 0 saturated carbocycles. The van der Waals surface area contributed by atoms with Gasteiger partial charge in [-0.25, -0.2) is 4.98 Å². The molecule has 0 aliphatic rings. The molecule has 0 atom stereocenters. The third-order valence-electron chi connectivity index (χ3n) is 2.67. The zero-order valence-corrected chi connectivity index (χ0v) is 11.9. The van der Waals surface area contributed by atoms with E-state index in [-0.39, 0.29) is 0 Å². The molecule has 0 aliphatic heterocycles. The third kappa shape index (κ3) is 3.86. The molecule has 0 spiro atoms. The van der Waals surface area contributed by atoms with Gasteiger partial charge < -0.3 is 10.1 Å². The van der Waals surface area contributed by atoms with Crippen molar-refractivity contribution >= 4 is 17.3 Å². The van der Waals surface area contributed by atoms with Crippen LogP contribution in [0.2, 0.25) is 5.15 Å². The van der Waals surface area contributed by atoms with Crippen molar-refractivity contribution in [1.29, 1.82) is 0 Å². The largest absolute Gasteiger partial charge is 0.494 e. The number of rotatable bonds is 5. The molecule has 0 aliphatic carbocycles. The van der Waals surface area contributed by atoms with Crippen molar-refractivity contribution in [3.63, 3.8) is 0 Å². The lowest BCUT2D eigenvalue weighted by atomic mass is 10.2. The number of nitrogens with zero attached hydrogens (tertiary/aromatic N) is 1. The van der Waals surface area contributed by atoms with Gasteiger partial charge in [-0.2, -0.15) is 0 Å². The van der Waals surface area contributed by atoms with E-state index < -0.39 is 0 Å². The van der Waals surface area contributed by atoms with Crippen LogP contribution in [0.3, 0.4) is 0 Å². The predicted molar refractivity (Wildman–Crippen MR) is 78.9 cm³/mol. The average molecular weight is 277 g/mol. The third-order valence-corrected chi connectivity index (χ3v) is 2.97. The highest BCUT2D eigenvalue weighted by atomic mass is 35.5. The maximum Gasteiger partial charge on any atom is 0.152 e. The molecule has 19 heavy (non-hydrogen) atoms. The van der Waals surface area contributed by atoms with Crippen LogP contribution in [0, 0.1) is 6.92 Å². The summed E-state index contributed by atoms with van der Waals surface area (Å²) in [4.78, 5) is 4.12. The minimum absolute atomic E-state index is 0.492. The first-order valence-corrected chi connectivity index (χ1v) is 6.64. The molecule has 0 amide bonds. The summed E-state index contributed by atoms with van der Waals surface area (Å²) in [5, 5.41) is 3.78. The summed E-state index contributed by atoms with van der Waals surface area (Å²) in [6, 6.07) is 9.99. The van der Waals surface area contributed by atoms with Crippen molar-refractivity contribution in [2.45, 2.75) is 20.4 Å². The molecule has 100 valence electrons. The fourth-order valence-electron chi connectivity index (χ4n) is 1.79. The number of benzene rings is 1. The van der Waals surface area contributed by atoms with Crippen LogP contribution >= 0.6 is 11.6 Å². The zero-order chi connectivity index (χ0) is 13.7. The van der Waals surface area contributed by atoms with Crippen LogP contribution < -0.4 is 10.1 Å². The van der Waals surface area contributed by atoms with E-state index in [9.17, 15) is 0 Å². The van der Waals surface area contributed by atoms with Crippen LogP contribution in [0.1, 0.15) is 18.1 Å². The quantitative estimate of drug-likeness (QED) is 0.837. The van der Waals surface area contributed by atoms with Gasteiger partial charge in [0.05, 0.1) is 12.3 Å². The summed E-state index contributed by atoms with van der Waals surface area (Å²) in [5.74, 6) is 0.885. The van der Waals surface area contributed by atoms with Crippen molar-refractivity contribution in [3.05, 3.63) is 52.8 Å². The molecule has 1 N–H and O–H groups in total. The molecule has 1 heterocycles. The molecule has 0 saturated heterocycles. The van der Waals surface area contributed by atoms with Crippen molar-refractivity contribution in [1.82, 2.24) is 4.98 Å². The van der Waals surface area contributed by atoms with E-state index in [0.29, 0.717) is 18.3 Å². The van der Waals surface area contributed by atoms with E-state index in [2.05, 4.69) is 10.3 Å². The van der Waals surface area contributed by atoms with Gasteiger partial charge in [-0.1, -0.05) is 23.7 Å². The minimum atomic E-state index is 0.492. The molecule has 2 rings (SSSR count). The summed E-state index contributed by atoms with van der Waals surface area (Å²) in [6.07, 6.45) is 1.75. The number of halogens is 1. The Balaban J connectivity index is 2.05. The molecule has 0 fully saturated rings. The summed E-state index contributed by atoms with van der Waals surface area (Å²) in [5.41, 5.74) is 3.07. The van der Waals surface area contributed by atoms with Gasteiger partial charge in [0, 0.05) is 12.7 Å². The van der Waals surface area contributed by atoms with E-state index in [1.54, 1.807) is 6.20 Å². The van der Waals surface area contributed by atoms with Crippen molar-refractivity contribution in [3.8, 4) is 5.75 Å². The Bertz CT molecular complexity index is 558. The average Bonchev–Trinajstić information content (AvgIpc) is 2.41. The molecule has 0 bridgehead atoms.